The summed E-state index contributed by atoms with van der Waals surface area (Å²) in [5.41, 5.74) is 0.771. The largest absolute Gasteiger partial charge is 0.494 e. The fourth-order valence-electron chi connectivity index (χ4n) is 1.94. The maximum Gasteiger partial charge on any atom is 0.248 e. The molecule has 0 aliphatic rings. The summed E-state index contributed by atoms with van der Waals surface area (Å²) < 4.78 is 5.56. The number of para-hydroxylation sites is 1. The second-order valence-electron chi connectivity index (χ2n) is 4.50. The average molecular weight is 294 g/mol. The Balaban J connectivity index is 3.02. The molecule has 0 saturated heterocycles. The van der Waals surface area contributed by atoms with Crippen molar-refractivity contribution in [3.05, 3.63) is 29.8 Å². The molecule has 21 heavy (non-hydrogen) atoms. The van der Waals surface area contributed by atoms with Crippen LogP contribution in [0, 0.1) is 0 Å². The molecule has 1 aromatic carbocycles. The molecule has 0 aliphatic carbocycles. The van der Waals surface area contributed by atoms with E-state index in [4.69, 9.17) is 9.57 Å². The van der Waals surface area contributed by atoms with E-state index < -0.39 is 6.04 Å². The summed E-state index contributed by atoms with van der Waals surface area (Å²) in [5.74, 6) is 0.216. The molecule has 6 heteroatoms. The summed E-state index contributed by atoms with van der Waals surface area (Å²) >= 11 is 0. The van der Waals surface area contributed by atoms with Gasteiger partial charge in [-0.25, -0.2) is 5.06 Å². The maximum atomic E-state index is 12.0. The van der Waals surface area contributed by atoms with Gasteiger partial charge in [-0.15, -0.1) is 0 Å². The molecular weight excluding hydrogens is 272 g/mol. The molecule has 0 fully saturated rings. The molecule has 0 aromatic heterocycles. The van der Waals surface area contributed by atoms with Crippen LogP contribution in [0.1, 0.15) is 31.9 Å². The number of hydroxylamine groups is 2. The Morgan fingerprint density at radius 1 is 1.33 bits per heavy atom. The first-order valence-corrected chi connectivity index (χ1v) is 6.79. The van der Waals surface area contributed by atoms with Gasteiger partial charge in [-0.1, -0.05) is 18.2 Å². The van der Waals surface area contributed by atoms with Crippen molar-refractivity contribution in [3.8, 4) is 5.75 Å². The molecule has 0 aliphatic heterocycles. The third-order valence-electron chi connectivity index (χ3n) is 2.98. The second kappa shape index (κ2) is 8.26. The highest BCUT2D eigenvalue weighted by molar-refractivity contribution is 5.78. The van der Waals surface area contributed by atoms with Gasteiger partial charge in [0.05, 0.1) is 26.2 Å². The van der Waals surface area contributed by atoms with Gasteiger partial charge in [0.25, 0.3) is 0 Å². The van der Waals surface area contributed by atoms with Crippen molar-refractivity contribution in [1.29, 1.82) is 0 Å². The number of carbonyl (C=O) groups excluding carboxylic acids is 2. The number of benzene rings is 1. The fourth-order valence-corrected chi connectivity index (χ4v) is 1.94. The summed E-state index contributed by atoms with van der Waals surface area (Å²) in [4.78, 5) is 28.3. The van der Waals surface area contributed by atoms with Gasteiger partial charge in [-0.3, -0.25) is 14.4 Å². The smallest absolute Gasteiger partial charge is 0.248 e. The summed E-state index contributed by atoms with van der Waals surface area (Å²) in [6, 6.07) is 6.89. The number of hydrogen-bond acceptors (Lipinski definition) is 4. The van der Waals surface area contributed by atoms with E-state index in [0.717, 1.165) is 10.6 Å². The van der Waals surface area contributed by atoms with Crippen molar-refractivity contribution in [1.82, 2.24) is 10.4 Å². The topological polar surface area (TPSA) is 67.9 Å². The Bertz CT molecular complexity index is 490. The van der Waals surface area contributed by atoms with E-state index in [1.807, 2.05) is 31.2 Å². The molecule has 0 spiro atoms. The number of amides is 2. The number of ether oxygens (including phenoxy) is 1. The van der Waals surface area contributed by atoms with Crippen molar-refractivity contribution in [2.24, 2.45) is 0 Å². The maximum absolute atomic E-state index is 12.0. The van der Waals surface area contributed by atoms with E-state index in [9.17, 15) is 9.59 Å². The molecule has 0 radical (unpaired) electrons. The Hall–Kier alpha value is -2.08. The minimum Gasteiger partial charge on any atom is -0.494 e. The number of rotatable bonds is 7. The first-order valence-electron chi connectivity index (χ1n) is 6.79. The zero-order chi connectivity index (χ0) is 15.8. The number of nitrogens with zero attached hydrogens (tertiary/aromatic N) is 1. The first-order chi connectivity index (χ1) is 9.99. The highest BCUT2D eigenvalue weighted by atomic mass is 16.7. The third kappa shape index (κ3) is 5.07. The van der Waals surface area contributed by atoms with E-state index in [0.29, 0.717) is 12.4 Å². The Kier molecular flexibility index (Phi) is 6.68. The zero-order valence-electron chi connectivity index (χ0n) is 12.9. The van der Waals surface area contributed by atoms with E-state index >= 15 is 0 Å². The van der Waals surface area contributed by atoms with Gasteiger partial charge in [-0.05, 0) is 13.0 Å². The summed E-state index contributed by atoms with van der Waals surface area (Å²) in [6.45, 7) is 3.81. The van der Waals surface area contributed by atoms with Crippen LogP contribution >= 0.6 is 0 Å². The minimum absolute atomic E-state index is 0.0913. The van der Waals surface area contributed by atoms with Crippen LogP contribution in [0.15, 0.2) is 24.3 Å². The van der Waals surface area contributed by atoms with Gasteiger partial charge in [0.15, 0.2) is 0 Å². The quantitative estimate of drug-likeness (QED) is 0.777. The lowest BCUT2D eigenvalue weighted by atomic mass is 10.0. The van der Waals surface area contributed by atoms with E-state index in [2.05, 4.69) is 5.32 Å². The molecular formula is C15H22N2O4. The van der Waals surface area contributed by atoms with Crippen LogP contribution in [0.4, 0.5) is 0 Å². The van der Waals surface area contributed by atoms with Crippen LogP contribution in [-0.4, -0.2) is 37.6 Å². The normalized spacial score (nSPS) is 11.6. The van der Waals surface area contributed by atoms with Crippen LogP contribution in [-0.2, 0) is 14.4 Å². The molecule has 1 N–H and O–H groups in total. The predicted octanol–water partition coefficient (Wildman–Crippen LogP) is 1.67. The number of nitrogens with one attached hydrogen (secondary N) is 1. The second-order valence-corrected chi connectivity index (χ2v) is 4.50. The van der Waals surface area contributed by atoms with Crippen LogP contribution in [0.3, 0.4) is 0 Å². The van der Waals surface area contributed by atoms with Crippen molar-refractivity contribution in [2.75, 3.05) is 20.8 Å². The molecule has 1 aromatic rings. The van der Waals surface area contributed by atoms with Gasteiger partial charge in [0.1, 0.15) is 5.75 Å². The van der Waals surface area contributed by atoms with Crippen molar-refractivity contribution < 1.29 is 19.2 Å². The molecule has 6 nitrogen and oxygen atoms in total. The molecule has 116 valence electrons. The molecule has 1 rings (SSSR count). The Morgan fingerprint density at radius 3 is 2.57 bits per heavy atom. The Labute approximate surface area is 125 Å². The van der Waals surface area contributed by atoms with Crippen molar-refractivity contribution in [3.63, 3.8) is 0 Å². The standard InChI is InChI=1S/C15H22N2O4/c1-5-21-14-9-7-6-8-12(14)13(16-11(2)18)10-15(19)17(3)20-4/h6-9,13H,5,10H2,1-4H3,(H,16,18). The van der Waals surface area contributed by atoms with Crippen LogP contribution in [0.2, 0.25) is 0 Å². The van der Waals surface area contributed by atoms with Crippen LogP contribution < -0.4 is 10.1 Å². The Morgan fingerprint density at radius 2 is 2.00 bits per heavy atom. The molecule has 0 bridgehead atoms. The van der Waals surface area contributed by atoms with Gasteiger partial charge in [0, 0.05) is 19.5 Å². The molecule has 0 saturated carbocycles. The summed E-state index contributed by atoms with van der Waals surface area (Å²) in [6.07, 6.45) is 0.0913. The SMILES string of the molecule is CCOc1ccccc1C(CC(=O)N(C)OC)NC(C)=O. The zero-order valence-corrected chi connectivity index (χ0v) is 12.9. The number of hydrogen-bond donors (Lipinski definition) is 1. The lowest BCUT2D eigenvalue weighted by molar-refractivity contribution is -0.169. The van der Waals surface area contributed by atoms with Crippen LogP contribution in [0.25, 0.3) is 0 Å². The predicted molar refractivity (Wildman–Crippen MR) is 78.6 cm³/mol. The van der Waals surface area contributed by atoms with Crippen molar-refractivity contribution in [2.45, 2.75) is 26.3 Å². The van der Waals surface area contributed by atoms with E-state index in [1.54, 1.807) is 0 Å². The highest BCUT2D eigenvalue weighted by Crippen LogP contribution is 2.27. The summed E-state index contributed by atoms with van der Waals surface area (Å²) in [7, 11) is 2.95. The fraction of sp³-hybridized carbons (Fsp3) is 0.467. The minimum atomic E-state index is -0.463. The monoisotopic (exact) mass is 294 g/mol. The third-order valence-corrected chi connectivity index (χ3v) is 2.98. The van der Waals surface area contributed by atoms with Gasteiger partial charge >= 0.3 is 0 Å². The highest BCUT2D eigenvalue weighted by Gasteiger charge is 2.22. The lowest BCUT2D eigenvalue weighted by Gasteiger charge is -2.22. The molecule has 1 unspecified atom stereocenters. The number of carbonyl (C=O) groups is 2. The lowest BCUT2D eigenvalue weighted by Crippen LogP contribution is -2.33. The van der Waals surface area contributed by atoms with Crippen LogP contribution in [0.5, 0.6) is 5.75 Å². The van der Waals surface area contributed by atoms with Gasteiger partial charge in [0.2, 0.25) is 11.8 Å². The molecule has 0 heterocycles. The van der Waals surface area contributed by atoms with Gasteiger partial charge < -0.3 is 10.1 Å². The average Bonchev–Trinajstić information content (AvgIpc) is 2.46. The van der Waals surface area contributed by atoms with E-state index in [1.165, 1.54) is 21.1 Å². The molecule has 2 amide bonds. The van der Waals surface area contributed by atoms with Gasteiger partial charge in [-0.2, -0.15) is 0 Å². The molecule has 1 atom stereocenters. The van der Waals surface area contributed by atoms with Crippen molar-refractivity contribution >= 4 is 11.8 Å². The van der Waals surface area contributed by atoms with E-state index in [-0.39, 0.29) is 18.2 Å². The summed E-state index contributed by atoms with van der Waals surface area (Å²) in [5, 5.41) is 3.92. The first kappa shape index (κ1) is 17.0.